The predicted molar refractivity (Wildman–Crippen MR) is 82.9 cm³/mol. The molecule has 4 heteroatoms. The van der Waals surface area contributed by atoms with Gasteiger partial charge in [0.2, 0.25) is 5.91 Å². The molecular weight excluding hydrogens is 250 g/mol. The summed E-state index contributed by atoms with van der Waals surface area (Å²) < 4.78 is 0. The number of hydrogen-bond acceptors (Lipinski definition) is 3. The van der Waals surface area contributed by atoms with Crippen LogP contribution in [0.4, 0.5) is 5.69 Å². The largest absolute Gasteiger partial charge is 0.373 e. The number of nitrogens with one attached hydrogen (secondary N) is 2. The predicted octanol–water partition coefficient (Wildman–Crippen LogP) is 1.63. The summed E-state index contributed by atoms with van der Waals surface area (Å²) in [5.41, 5.74) is 1.17. The first-order valence-corrected chi connectivity index (χ1v) is 7.46. The van der Waals surface area contributed by atoms with E-state index in [1.165, 1.54) is 12.1 Å². The first-order chi connectivity index (χ1) is 9.68. The summed E-state index contributed by atoms with van der Waals surface area (Å²) in [6, 6.07) is 10.2. The first-order valence-electron chi connectivity index (χ1n) is 7.46. The van der Waals surface area contributed by atoms with Crippen molar-refractivity contribution < 1.29 is 4.79 Å². The molecule has 0 aliphatic carbocycles. The molecule has 0 saturated carbocycles. The molecule has 0 spiro atoms. The molecule has 0 bridgehead atoms. The lowest BCUT2D eigenvalue weighted by molar-refractivity contribution is -0.124. The molecule has 0 radical (unpaired) electrons. The summed E-state index contributed by atoms with van der Waals surface area (Å²) in [5, 5.41) is 6.35. The van der Waals surface area contributed by atoms with Crippen LogP contribution in [0.5, 0.6) is 0 Å². The Morgan fingerprint density at radius 2 is 2.15 bits per heavy atom. The minimum atomic E-state index is -0.0224. The Bertz CT molecular complexity index is 421. The standard InChI is InChI=1S/C16H25N3O/c1-13-7-6-10-17-15(13)16(20)18-11-12-19(2)14-8-4-3-5-9-14/h3-5,8-9,13,15,17H,6-7,10-12H2,1-2H3,(H,18,20). The lowest BCUT2D eigenvalue weighted by Gasteiger charge is -2.29. The Morgan fingerprint density at radius 3 is 2.85 bits per heavy atom. The van der Waals surface area contributed by atoms with Crippen LogP contribution in [-0.4, -0.2) is 38.6 Å². The Hall–Kier alpha value is -1.55. The summed E-state index contributed by atoms with van der Waals surface area (Å²) in [5.74, 6) is 0.564. The number of benzene rings is 1. The minimum Gasteiger partial charge on any atom is -0.373 e. The maximum atomic E-state index is 12.1. The van der Waals surface area contributed by atoms with Crippen LogP contribution in [-0.2, 0) is 4.79 Å². The zero-order valence-corrected chi connectivity index (χ0v) is 12.4. The molecule has 4 nitrogen and oxygen atoms in total. The van der Waals surface area contributed by atoms with Crippen molar-refractivity contribution in [3.63, 3.8) is 0 Å². The van der Waals surface area contributed by atoms with Gasteiger partial charge in [-0.15, -0.1) is 0 Å². The second-order valence-electron chi connectivity index (χ2n) is 5.60. The smallest absolute Gasteiger partial charge is 0.237 e. The van der Waals surface area contributed by atoms with Crippen molar-refractivity contribution in [1.29, 1.82) is 0 Å². The Balaban J connectivity index is 1.74. The van der Waals surface area contributed by atoms with E-state index >= 15 is 0 Å². The van der Waals surface area contributed by atoms with E-state index in [4.69, 9.17) is 0 Å². The van der Waals surface area contributed by atoms with E-state index in [-0.39, 0.29) is 11.9 Å². The molecule has 2 rings (SSSR count). The van der Waals surface area contributed by atoms with Gasteiger partial charge in [-0.05, 0) is 37.4 Å². The fourth-order valence-corrected chi connectivity index (χ4v) is 2.67. The van der Waals surface area contributed by atoms with Gasteiger partial charge in [0.15, 0.2) is 0 Å². The van der Waals surface area contributed by atoms with E-state index in [2.05, 4.69) is 34.6 Å². The average molecular weight is 275 g/mol. The highest BCUT2D eigenvalue weighted by Gasteiger charge is 2.26. The topological polar surface area (TPSA) is 44.4 Å². The van der Waals surface area contributed by atoms with E-state index in [0.29, 0.717) is 12.5 Å². The fraction of sp³-hybridized carbons (Fsp3) is 0.562. The molecule has 2 N–H and O–H groups in total. The fourth-order valence-electron chi connectivity index (χ4n) is 2.67. The Morgan fingerprint density at radius 1 is 1.40 bits per heavy atom. The minimum absolute atomic E-state index is 0.0224. The number of likely N-dealkylation sites (N-methyl/N-ethyl adjacent to an activating group) is 1. The summed E-state index contributed by atoms with van der Waals surface area (Å²) in [6.45, 7) is 4.59. The molecule has 1 aromatic rings. The third-order valence-corrected chi connectivity index (χ3v) is 4.00. The molecule has 20 heavy (non-hydrogen) atoms. The van der Waals surface area contributed by atoms with Crippen molar-refractivity contribution in [3.05, 3.63) is 30.3 Å². The van der Waals surface area contributed by atoms with Crippen LogP contribution in [0.15, 0.2) is 30.3 Å². The third-order valence-electron chi connectivity index (χ3n) is 4.00. The summed E-state index contributed by atoms with van der Waals surface area (Å²) in [4.78, 5) is 14.3. The molecule has 0 aromatic heterocycles. The van der Waals surface area contributed by atoms with Crippen LogP contribution in [0, 0.1) is 5.92 Å². The van der Waals surface area contributed by atoms with Crippen molar-refractivity contribution in [2.24, 2.45) is 5.92 Å². The highest BCUT2D eigenvalue weighted by atomic mass is 16.2. The van der Waals surface area contributed by atoms with Crippen molar-refractivity contribution in [2.75, 3.05) is 31.6 Å². The molecule has 1 aliphatic rings. The number of amides is 1. The number of rotatable bonds is 5. The highest BCUT2D eigenvalue weighted by molar-refractivity contribution is 5.82. The average Bonchev–Trinajstić information content (AvgIpc) is 2.48. The Kier molecular flexibility index (Phi) is 5.41. The molecule has 2 atom stereocenters. The number of carbonyl (C=O) groups excluding carboxylic acids is 1. The van der Waals surface area contributed by atoms with E-state index in [9.17, 15) is 4.79 Å². The second kappa shape index (κ2) is 7.29. The number of piperidine rings is 1. The van der Waals surface area contributed by atoms with Crippen LogP contribution < -0.4 is 15.5 Å². The van der Waals surface area contributed by atoms with E-state index < -0.39 is 0 Å². The van der Waals surface area contributed by atoms with Crippen molar-refractivity contribution in [1.82, 2.24) is 10.6 Å². The van der Waals surface area contributed by atoms with Gasteiger partial charge in [0, 0.05) is 25.8 Å². The van der Waals surface area contributed by atoms with Crippen LogP contribution >= 0.6 is 0 Å². The molecule has 1 aliphatic heterocycles. The molecule has 1 aromatic carbocycles. The number of para-hydroxylation sites is 1. The summed E-state index contributed by atoms with van der Waals surface area (Å²) in [7, 11) is 2.04. The molecular formula is C16H25N3O. The molecule has 1 fully saturated rings. The normalized spacial score (nSPS) is 22.3. The second-order valence-corrected chi connectivity index (χ2v) is 5.60. The van der Waals surface area contributed by atoms with E-state index in [1.54, 1.807) is 0 Å². The summed E-state index contributed by atoms with van der Waals surface area (Å²) >= 11 is 0. The number of nitrogens with zero attached hydrogens (tertiary/aromatic N) is 1. The quantitative estimate of drug-likeness (QED) is 0.858. The van der Waals surface area contributed by atoms with Gasteiger partial charge in [-0.25, -0.2) is 0 Å². The number of hydrogen-bond donors (Lipinski definition) is 2. The van der Waals surface area contributed by atoms with Crippen LogP contribution in [0.2, 0.25) is 0 Å². The SMILES string of the molecule is CC1CCCNC1C(=O)NCCN(C)c1ccccc1. The lowest BCUT2D eigenvalue weighted by atomic mass is 9.92. The van der Waals surface area contributed by atoms with Crippen molar-refractivity contribution >= 4 is 11.6 Å². The van der Waals surface area contributed by atoms with Gasteiger partial charge < -0.3 is 15.5 Å². The molecule has 1 saturated heterocycles. The van der Waals surface area contributed by atoms with E-state index in [0.717, 1.165) is 19.5 Å². The zero-order valence-electron chi connectivity index (χ0n) is 12.4. The van der Waals surface area contributed by atoms with Crippen LogP contribution in [0.25, 0.3) is 0 Å². The van der Waals surface area contributed by atoms with Gasteiger partial charge >= 0.3 is 0 Å². The third kappa shape index (κ3) is 3.97. The van der Waals surface area contributed by atoms with Crippen LogP contribution in [0.3, 0.4) is 0 Å². The van der Waals surface area contributed by atoms with Gasteiger partial charge in [0.1, 0.15) is 0 Å². The van der Waals surface area contributed by atoms with Crippen molar-refractivity contribution in [3.8, 4) is 0 Å². The maximum absolute atomic E-state index is 12.1. The monoisotopic (exact) mass is 275 g/mol. The lowest BCUT2D eigenvalue weighted by Crippen LogP contribution is -2.51. The number of anilines is 1. The molecule has 1 heterocycles. The summed E-state index contributed by atoms with van der Waals surface area (Å²) in [6.07, 6.45) is 2.30. The molecule has 1 amide bonds. The van der Waals surface area contributed by atoms with Gasteiger partial charge in [0.25, 0.3) is 0 Å². The van der Waals surface area contributed by atoms with E-state index in [1.807, 2.05) is 25.2 Å². The highest BCUT2D eigenvalue weighted by Crippen LogP contribution is 2.15. The van der Waals surface area contributed by atoms with Crippen LogP contribution in [0.1, 0.15) is 19.8 Å². The van der Waals surface area contributed by atoms with Gasteiger partial charge in [-0.2, -0.15) is 0 Å². The van der Waals surface area contributed by atoms with Gasteiger partial charge in [-0.1, -0.05) is 25.1 Å². The molecule has 2 unspecified atom stereocenters. The zero-order chi connectivity index (χ0) is 14.4. The van der Waals surface area contributed by atoms with Gasteiger partial charge in [-0.3, -0.25) is 4.79 Å². The van der Waals surface area contributed by atoms with Gasteiger partial charge in [0.05, 0.1) is 6.04 Å². The first kappa shape index (κ1) is 14.9. The maximum Gasteiger partial charge on any atom is 0.237 e. The number of carbonyl (C=O) groups is 1. The Labute approximate surface area is 121 Å². The van der Waals surface area contributed by atoms with Crippen molar-refractivity contribution in [2.45, 2.75) is 25.8 Å². The molecule has 110 valence electrons.